The van der Waals surface area contributed by atoms with Crippen molar-refractivity contribution in [3.05, 3.63) is 65.7 Å². The van der Waals surface area contributed by atoms with E-state index in [1.807, 2.05) is 41.3 Å². The summed E-state index contributed by atoms with van der Waals surface area (Å²) in [6.45, 7) is 7.66. The summed E-state index contributed by atoms with van der Waals surface area (Å²) in [4.78, 5) is 16.8. The summed E-state index contributed by atoms with van der Waals surface area (Å²) in [6, 6.07) is 19.1. The number of hydrogen-bond donors (Lipinski definition) is 0. The molecule has 1 amide bonds. The predicted octanol–water partition coefficient (Wildman–Crippen LogP) is 3.57. The Balaban J connectivity index is 1.64. The molecular weight excluding hydrogens is 284 g/mol. The van der Waals surface area contributed by atoms with Crippen molar-refractivity contribution in [3.63, 3.8) is 0 Å². The Labute approximate surface area is 138 Å². The van der Waals surface area contributed by atoms with Gasteiger partial charge >= 0.3 is 0 Å². The van der Waals surface area contributed by atoms with Crippen LogP contribution in [0, 0.1) is 6.07 Å². The van der Waals surface area contributed by atoms with Crippen molar-refractivity contribution in [2.24, 2.45) is 0 Å². The third-order valence-electron chi connectivity index (χ3n) is 4.42. The van der Waals surface area contributed by atoms with Crippen molar-refractivity contribution < 1.29 is 4.79 Å². The Bertz CT molecular complexity index is 658. The van der Waals surface area contributed by atoms with Gasteiger partial charge < -0.3 is 9.80 Å². The number of hydrogen-bond acceptors (Lipinski definition) is 2. The van der Waals surface area contributed by atoms with Crippen molar-refractivity contribution in [3.8, 4) is 0 Å². The summed E-state index contributed by atoms with van der Waals surface area (Å²) in [5.74, 6) is 0.639. The molecule has 0 saturated carbocycles. The molecule has 3 nitrogen and oxygen atoms in total. The summed E-state index contributed by atoms with van der Waals surface area (Å²) in [6.07, 6.45) is 0. The van der Waals surface area contributed by atoms with Crippen LogP contribution in [-0.2, 0) is 0 Å². The van der Waals surface area contributed by atoms with Crippen LogP contribution in [0.25, 0.3) is 0 Å². The Morgan fingerprint density at radius 3 is 2.39 bits per heavy atom. The highest BCUT2D eigenvalue weighted by Gasteiger charge is 2.22. The van der Waals surface area contributed by atoms with E-state index in [0.717, 1.165) is 31.7 Å². The van der Waals surface area contributed by atoms with Crippen molar-refractivity contribution in [2.75, 3.05) is 31.1 Å². The second kappa shape index (κ2) is 6.86. The standard InChI is InChI=1S/C20H23N2O/c1-16(2)18-9-6-10-19(15-18)21-11-13-22(14-12-21)20(23)17-7-4-3-5-8-17/h3-5,7-10,15-16H,11-14H2,1-2H3. The largest absolute Gasteiger partial charge is 0.368 e. The van der Waals surface area contributed by atoms with Gasteiger partial charge in [-0.25, -0.2) is 0 Å². The quantitative estimate of drug-likeness (QED) is 0.865. The average molecular weight is 307 g/mol. The smallest absolute Gasteiger partial charge is 0.253 e. The van der Waals surface area contributed by atoms with Gasteiger partial charge in [0.25, 0.3) is 5.91 Å². The monoisotopic (exact) mass is 307 g/mol. The van der Waals surface area contributed by atoms with Crippen LogP contribution in [0.1, 0.15) is 35.7 Å². The van der Waals surface area contributed by atoms with Crippen LogP contribution in [0.2, 0.25) is 0 Å². The molecule has 119 valence electrons. The fourth-order valence-electron chi connectivity index (χ4n) is 2.92. The third kappa shape index (κ3) is 3.55. The minimum atomic E-state index is 0.132. The van der Waals surface area contributed by atoms with E-state index < -0.39 is 0 Å². The maximum atomic E-state index is 12.5. The van der Waals surface area contributed by atoms with Crippen molar-refractivity contribution in [1.29, 1.82) is 0 Å². The van der Waals surface area contributed by atoms with Crippen molar-refractivity contribution in [1.82, 2.24) is 4.90 Å². The topological polar surface area (TPSA) is 23.6 Å². The van der Waals surface area contributed by atoms with Gasteiger partial charge in [-0.1, -0.05) is 38.1 Å². The normalized spacial score (nSPS) is 15.1. The highest BCUT2D eigenvalue weighted by Crippen LogP contribution is 2.22. The number of anilines is 1. The first kappa shape index (κ1) is 15.6. The molecule has 1 saturated heterocycles. The molecule has 23 heavy (non-hydrogen) atoms. The Morgan fingerprint density at radius 2 is 1.74 bits per heavy atom. The first-order chi connectivity index (χ1) is 11.1. The Kier molecular flexibility index (Phi) is 4.65. The second-order valence-corrected chi connectivity index (χ2v) is 6.32. The van der Waals surface area contributed by atoms with Crippen LogP contribution in [0.15, 0.2) is 48.5 Å². The zero-order chi connectivity index (χ0) is 16.2. The molecule has 1 aliphatic heterocycles. The molecule has 1 radical (unpaired) electrons. The zero-order valence-corrected chi connectivity index (χ0v) is 13.8. The van der Waals surface area contributed by atoms with E-state index in [2.05, 4.69) is 36.9 Å². The van der Waals surface area contributed by atoms with Crippen LogP contribution in [-0.4, -0.2) is 37.0 Å². The molecule has 0 N–H and O–H groups in total. The first-order valence-electron chi connectivity index (χ1n) is 8.25. The molecule has 1 heterocycles. The average Bonchev–Trinajstić information content (AvgIpc) is 2.62. The van der Waals surface area contributed by atoms with Gasteiger partial charge in [-0.15, -0.1) is 0 Å². The van der Waals surface area contributed by atoms with Gasteiger partial charge in [-0.3, -0.25) is 4.79 Å². The van der Waals surface area contributed by atoms with Crippen molar-refractivity contribution in [2.45, 2.75) is 19.8 Å². The van der Waals surface area contributed by atoms with E-state index in [4.69, 9.17) is 0 Å². The number of carbonyl (C=O) groups excluding carboxylic acids is 1. The van der Waals surface area contributed by atoms with Crippen LogP contribution >= 0.6 is 0 Å². The lowest BCUT2D eigenvalue weighted by molar-refractivity contribution is 0.0747. The van der Waals surface area contributed by atoms with Gasteiger partial charge in [0.15, 0.2) is 0 Å². The van der Waals surface area contributed by atoms with Gasteiger partial charge in [0.2, 0.25) is 0 Å². The van der Waals surface area contributed by atoms with E-state index in [0.29, 0.717) is 5.92 Å². The molecule has 0 aromatic heterocycles. The van der Waals surface area contributed by atoms with Gasteiger partial charge in [0.05, 0.1) is 0 Å². The maximum Gasteiger partial charge on any atom is 0.253 e. The van der Waals surface area contributed by atoms with E-state index in [1.54, 1.807) is 0 Å². The van der Waals surface area contributed by atoms with Crippen LogP contribution in [0.3, 0.4) is 0 Å². The Morgan fingerprint density at radius 1 is 1.04 bits per heavy atom. The number of nitrogens with zero attached hydrogens (tertiary/aromatic N) is 2. The van der Waals surface area contributed by atoms with Gasteiger partial charge in [0.1, 0.15) is 0 Å². The molecule has 0 bridgehead atoms. The molecule has 0 aliphatic carbocycles. The van der Waals surface area contributed by atoms with Crippen LogP contribution in [0.4, 0.5) is 5.69 Å². The minimum Gasteiger partial charge on any atom is -0.368 e. The summed E-state index contributed by atoms with van der Waals surface area (Å²) >= 11 is 0. The molecule has 0 unspecified atom stereocenters. The van der Waals surface area contributed by atoms with Crippen molar-refractivity contribution >= 4 is 11.6 Å². The van der Waals surface area contributed by atoms with Crippen LogP contribution in [0.5, 0.6) is 0 Å². The SMILES string of the molecule is CC(C)c1c[c]cc(N2CCN(C(=O)c3ccccc3)CC2)c1. The highest BCUT2D eigenvalue weighted by molar-refractivity contribution is 5.94. The number of carbonyl (C=O) groups is 1. The molecule has 0 atom stereocenters. The molecule has 3 rings (SSSR count). The fourth-order valence-corrected chi connectivity index (χ4v) is 2.92. The molecule has 2 aromatic rings. The van der Waals surface area contributed by atoms with E-state index >= 15 is 0 Å². The van der Waals surface area contributed by atoms with Gasteiger partial charge in [0, 0.05) is 37.4 Å². The lowest BCUT2D eigenvalue weighted by Gasteiger charge is -2.36. The maximum absolute atomic E-state index is 12.5. The number of rotatable bonds is 3. The molecule has 0 spiro atoms. The predicted molar refractivity (Wildman–Crippen MR) is 93.9 cm³/mol. The summed E-state index contributed by atoms with van der Waals surface area (Å²) in [5, 5.41) is 0. The second-order valence-electron chi connectivity index (χ2n) is 6.32. The molecule has 3 heteroatoms. The molecular formula is C20H23N2O. The third-order valence-corrected chi connectivity index (χ3v) is 4.42. The van der Waals surface area contributed by atoms with E-state index in [9.17, 15) is 4.79 Å². The number of amides is 1. The lowest BCUT2D eigenvalue weighted by Crippen LogP contribution is -2.48. The number of piperazine rings is 1. The molecule has 2 aromatic carbocycles. The number of benzene rings is 2. The summed E-state index contributed by atoms with van der Waals surface area (Å²) in [7, 11) is 0. The zero-order valence-electron chi connectivity index (χ0n) is 13.8. The highest BCUT2D eigenvalue weighted by atomic mass is 16.2. The Hall–Kier alpha value is -2.29. The van der Waals surface area contributed by atoms with E-state index in [-0.39, 0.29) is 5.91 Å². The summed E-state index contributed by atoms with van der Waals surface area (Å²) < 4.78 is 0. The molecule has 1 aliphatic rings. The lowest BCUT2D eigenvalue weighted by atomic mass is 10.0. The first-order valence-corrected chi connectivity index (χ1v) is 8.25. The van der Waals surface area contributed by atoms with E-state index in [1.165, 1.54) is 11.3 Å². The minimum absolute atomic E-state index is 0.132. The fraction of sp³-hybridized carbons (Fsp3) is 0.350. The van der Waals surface area contributed by atoms with Gasteiger partial charge in [-0.05, 0) is 41.8 Å². The van der Waals surface area contributed by atoms with Crippen LogP contribution < -0.4 is 4.90 Å². The summed E-state index contributed by atoms with van der Waals surface area (Å²) in [5.41, 5.74) is 3.30. The molecule has 1 fully saturated rings. The van der Waals surface area contributed by atoms with Gasteiger partial charge in [-0.2, -0.15) is 0 Å².